The van der Waals surface area contributed by atoms with Crippen molar-refractivity contribution in [2.24, 2.45) is 0 Å². The lowest BCUT2D eigenvalue weighted by Gasteiger charge is -2.13. The number of nitrogens with one attached hydrogen (secondary N) is 1. The van der Waals surface area contributed by atoms with Crippen LogP contribution in [0.3, 0.4) is 0 Å². The van der Waals surface area contributed by atoms with E-state index in [9.17, 15) is 9.59 Å². The van der Waals surface area contributed by atoms with Crippen LogP contribution in [0.2, 0.25) is 0 Å². The summed E-state index contributed by atoms with van der Waals surface area (Å²) in [5.74, 6) is 0.379. The molecule has 0 bridgehead atoms. The van der Waals surface area contributed by atoms with Gasteiger partial charge in [-0.1, -0.05) is 0 Å². The summed E-state index contributed by atoms with van der Waals surface area (Å²) >= 11 is 0. The van der Waals surface area contributed by atoms with Gasteiger partial charge in [-0.3, -0.25) is 14.2 Å². The molecule has 1 aromatic carbocycles. The van der Waals surface area contributed by atoms with Gasteiger partial charge in [0.1, 0.15) is 23.9 Å². The van der Waals surface area contributed by atoms with Gasteiger partial charge in [-0.2, -0.15) is 5.26 Å². The molecular formula is C16H15N3O3. The minimum absolute atomic E-state index is 0.00108. The third-order valence-corrected chi connectivity index (χ3v) is 3.26. The van der Waals surface area contributed by atoms with E-state index in [1.54, 1.807) is 37.4 Å². The van der Waals surface area contributed by atoms with E-state index in [4.69, 9.17) is 10.00 Å². The van der Waals surface area contributed by atoms with Crippen LogP contribution in [-0.4, -0.2) is 24.6 Å². The highest BCUT2D eigenvalue weighted by atomic mass is 16.5. The summed E-state index contributed by atoms with van der Waals surface area (Å²) in [4.78, 5) is 23.9. The molecule has 6 nitrogen and oxygen atoms in total. The van der Waals surface area contributed by atoms with Gasteiger partial charge < -0.3 is 10.1 Å². The van der Waals surface area contributed by atoms with Crippen LogP contribution < -0.4 is 15.6 Å². The van der Waals surface area contributed by atoms with Gasteiger partial charge in [-0.15, -0.1) is 0 Å². The first-order chi connectivity index (χ1) is 10.6. The zero-order valence-electron chi connectivity index (χ0n) is 12.3. The largest absolute Gasteiger partial charge is 0.497 e. The SMILES string of the molecule is CNC(=O)Cn1c(-c2ccc(OC)cc2)ccc(C#N)c1=O. The van der Waals surface area contributed by atoms with Crippen LogP contribution in [0.25, 0.3) is 11.3 Å². The van der Waals surface area contributed by atoms with E-state index >= 15 is 0 Å². The Morgan fingerprint density at radius 2 is 1.95 bits per heavy atom. The van der Waals surface area contributed by atoms with Crippen LogP contribution in [-0.2, 0) is 11.3 Å². The second kappa shape index (κ2) is 6.59. The summed E-state index contributed by atoms with van der Waals surface area (Å²) in [7, 11) is 3.06. The number of hydrogen-bond acceptors (Lipinski definition) is 4. The van der Waals surface area contributed by atoms with Gasteiger partial charge in [0.25, 0.3) is 5.56 Å². The van der Waals surface area contributed by atoms with Crippen LogP contribution in [0.1, 0.15) is 5.56 Å². The molecule has 112 valence electrons. The number of aromatic nitrogens is 1. The highest BCUT2D eigenvalue weighted by Crippen LogP contribution is 2.21. The number of nitrogens with zero attached hydrogens (tertiary/aromatic N) is 2. The molecule has 0 radical (unpaired) electrons. The molecule has 6 heteroatoms. The number of carbonyl (C=O) groups excluding carboxylic acids is 1. The number of pyridine rings is 1. The molecule has 1 aromatic heterocycles. The molecular weight excluding hydrogens is 282 g/mol. The number of carbonyl (C=O) groups is 1. The van der Waals surface area contributed by atoms with Gasteiger partial charge in [0.2, 0.25) is 5.91 Å². The maximum Gasteiger partial charge on any atom is 0.269 e. The van der Waals surface area contributed by atoms with E-state index in [0.29, 0.717) is 11.4 Å². The molecule has 0 aliphatic heterocycles. The van der Waals surface area contributed by atoms with Crippen LogP contribution >= 0.6 is 0 Å². The standard InChI is InChI=1S/C16H15N3O3/c1-18-15(20)10-19-14(8-5-12(9-17)16(19)21)11-3-6-13(22-2)7-4-11/h3-8H,10H2,1-2H3,(H,18,20). The predicted molar refractivity (Wildman–Crippen MR) is 81.5 cm³/mol. The maximum absolute atomic E-state index is 12.3. The molecule has 0 aliphatic carbocycles. The van der Waals surface area contributed by atoms with E-state index in [2.05, 4.69) is 5.32 Å². The van der Waals surface area contributed by atoms with Crippen molar-refractivity contribution in [1.82, 2.24) is 9.88 Å². The van der Waals surface area contributed by atoms with Crippen LogP contribution in [0, 0.1) is 11.3 Å². The lowest BCUT2D eigenvalue weighted by molar-refractivity contribution is -0.121. The maximum atomic E-state index is 12.3. The number of likely N-dealkylation sites (N-methyl/N-ethyl adjacent to an activating group) is 1. The van der Waals surface area contributed by atoms with Gasteiger partial charge in [0.15, 0.2) is 0 Å². The molecule has 0 saturated heterocycles. The highest BCUT2D eigenvalue weighted by molar-refractivity contribution is 5.76. The second-order valence-corrected chi connectivity index (χ2v) is 4.54. The molecule has 0 atom stereocenters. The number of nitriles is 1. The summed E-state index contributed by atoms with van der Waals surface area (Å²) in [6, 6.07) is 12.1. The van der Waals surface area contributed by atoms with Crippen molar-refractivity contribution in [3.05, 3.63) is 52.3 Å². The number of rotatable bonds is 4. The fraction of sp³-hybridized carbons (Fsp3) is 0.188. The fourth-order valence-corrected chi connectivity index (χ4v) is 2.06. The molecule has 1 N–H and O–H groups in total. The number of amides is 1. The first kappa shape index (κ1) is 15.3. The summed E-state index contributed by atoms with van der Waals surface area (Å²) in [5.41, 5.74) is 0.835. The van der Waals surface area contributed by atoms with Crippen LogP contribution in [0.15, 0.2) is 41.2 Å². The lowest BCUT2D eigenvalue weighted by atomic mass is 10.1. The molecule has 22 heavy (non-hydrogen) atoms. The van der Waals surface area contributed by atoms with E-state index in [0.717, 1.165) is 5.56 Å². The lowest BCUT2D eigenvalue weighted by Crippen LogP contribution is -2.32. The van der Waals surface area contributed by atoms with E-state index < -0.39 is 5.56 Å². The highest BCUT2D eigenvalue weighted by Gasteiger charge is 2.13. The quantitative estimate of drug-likeness (QED) is 0.917. The number of hydrogen-bond donors (Lipinski definition) is 1. The van der Waals surface area contributed by atoms with Crippen molar-refractivity contribution in [2.45, 2.75) is 6.54 Å². The topological polar surface area (TPSA) is 84.1 Å². The molecule has 0 fully saturated rings. The number of benzene rings is 1. The smallest absolute Gasteiger partial charge is 0.269 e. The monoisotopic (exact) mass is 297 g/mol. The first-order valence-corrected chi connectivity index (χ1v) is 6.59. The van der Waals surface area contributed by atoms with Gasteiger partial charge in [-0.25, -0.2) is 0 Å². The third-order valence-electron chi connectivity index (χ3n) is 3.26. The first-order valence-electron chi connectivity index (χ1n) is 6.59. The van der Waals surface area contributed by atoms with Crippen molar-refractivity contribution in [2.75, 3.05) is 14.2 Å². The van der Waals surface area contributed by atoms with Gasteiger partial charge >= 0.3 is 0 Å². The predicted octanol–water partition coefficient (Wildman–Crippen LogP) is 1.14. The summed E-state index contributed by atoms with van der Waals surface area (Å²) in [6.45, 7) is -0.147. The zero-order valence-corrected chi connectivity index (χ0v) is 12.3. The Hall–Kier alpha value is -3.07. The molecule has 2 rings (SSSR count). The Morgan fingerprint density at radius 3 is 2.50 bits per heavy atom. The average Bonchev–Trinajstić information content (AvgIpc) is 2.56. The van der Waals surface area contributed by atoms with Gasteiger partial charge in [0, 0.05) is 7.05 Å². The van der Waals surface area contributed by atoms with Crippen LogP contribution in [0.4, 0.5) is 0 Å². The van der Waals surface area contributed by atoms with Gasteiger partial charge in [0.05, 0.1) is 12.8 Å². The van der Waals surface area contributed by atoms with E-state index in [1.807, 2.05) is 6.07 Å². The fourth-order valence-electron chi connectivity index (χ4n) is 2.06. The molecule has 0 aliphatic rings. The van der Waals surface area contributed by atoms with Crippen molar-refractivity contribution in [3.63, 3.8) is 0 Å². The van der Waals surface area contributed by atoms with E-state index in [-0.39, 0.29) is 18.0 Å². The minimum atomic E-state index is -0.487. The third kappa shape index (κ3) is 2.99. The summed E-state index contributed by atoms with van der Waals surface area (Å²) in [6.07, 6.45) is 0. The number of ether oxygens (including phenoxy) is 1. The summed E-state index contributed by atoms with van der Waals surface area (Å²) < 4.78 is 6.39. The average molecular weight is 297 g/mol. The van der Waals surface area contributed by atoms with Crippen molar-refractivity contribution in [3.8, 4) is 23.1 Å². The Morgan fingerprint density at radius 1 is 1.27 bits per heavy atom. The van der Waals surface area contributed by atoms with Crippen LogP contribution in [0.5, 0.6) is 5.75 Å². The minimum Gasteiger partial charge on any atom is -0.497 e. The molecule has 2 aromatic rings. The van der Waals surface area contributed by atoms with E-state index in [1.165, 1.54) is 17.7 Å². The normalized spacial score (nSPS) is 9.86. The zero-order chi connectivity index (χ0) is 16.1. The Bertz CT molecular complexity index is 786. The Kier molecular flexibility index (Phi) is 4.59. The van der Waals surface area contributed by atoms with Crippen molar-refractivity contribution >= 4 is 5.91 Å². The van der Waals surface area contributed by atoms with Crippen molar-refractivity contribution < 1.29 is 9.53 Å². The molecule has 1 amide bonds. The van der Waals surface area contributed by atoms with Crippen molar-refractivity contribution in [1.29, 1.82) is 5.26 Å². The Balaban J connectivity index is 2.58. The molecule has 1 heterocycles. The molecule has 0 saturated carbocycles. The summed E-state index contributed by atoms with van der Waals surface area (Å²) in [5, 5.41) is 11.5. The molecule has 0 spiro atoms. The Labute approximate surface area is 127 Å². The van der Waals surface area contributed by atoms with Gasteiger partial charge in [-0.05, 0) is 42.0 Å². The number of methoxy groups -OCH3 is 1. The molecule has 0 unspecified atom stereocenters. The second-order valence-electron chi connectivity index (χ2n) is 4.54.